The fraction of sp³-hybridized carbons (Fsp3) is 1.00. The van der Waals surface area contributed by atoms with E-state index >= 15 is 0 Å². The van der Waals surface area contributed by atoms with E-state index in [0.29, 0.717) is 0 Å². The molecule has 18 heavy (non-hydrogen) atoms. The molecule has 0 saturated carbocycles. The number of nitrogens with one attached hydrogen (secondary N) is 4. The Balaban J connectivity index is 2.00. The second-order valence-corrected chi connectivity index (χ2v) is 5.93. The van der Waals surface area contributed by atoms with Gasteiger partial charge in [-0.15, -0.1) is 0 Å². The van der Waals surface area contributed by atoms with Crippen LogP contribution in [0.3, 0.4) is 0 Å². The molecule has 0 atom stereocenters. The molecule has 1 heterocycles. The SMILES string of the molecule is C1CNCCO[I-]CNCCNCCOCCN1. The van der Waals surface area contributed by atoms with E-state index in [0.717, 1.165) is 70.2 Å². The van der Waals surface area contributed by atoms with Crippen LogP contribution in [0, 0.1) is 0 Å². The van der Waals surface area contributed by atoms with Crippen molar-refractivity contribution in [2.75, 3.05) is 70.2 Å². The normalized spacial score (nSPS) is 24.4. The Morgan fingerprint density at radius 1 is 0.611 bits per heavy atom. The van der Waals surface area contributed by atoms with Gasteiger partial charge >= 0.3 is 121 Å². The minimum atomic E-state index is -0.139. The Bertz CT molecular complexity index is 102. The molecule has 7 heteroatoms. The first-order valence-electron chi connectivity index (χ1n) is 6.62. The Hall–Kier alpha value is 0.490. The molecule has 1 fully saturated rings. The number of hydrogen-bond acceptors (Lipinski definition) is 6. The zero-order chi connectivity index (χ0) is 12.7. The van der Waals surface area contributed by atoms with Gasteiger partial charge in [0.2, 0.25) is 0 Å². The number of alkyl halides is 1. The molecule has 0 aliphatic carbocycles. The average Bonchev–Trinajstić information content (AvgIpc) is 2.39. The summed E-state index contributed by atoms with van der Waals surface area (Å²) in [5, 5.41) is 13.4. The third-order valence-corrected chi connectivity index (χ3v) is 4.12. The predicted molar refractivity (Wildman–Crippen MR) is 68.2 cm³/mol. The molecule has 1 saturated heterocycles. The molecule has 1 aliphatic rings. The average molecular weight is 373 g/mol. The van der Waals surface area contributed by atoms with E-state index in [9.17, 15) is 0 Å². The van der Waals surface area contributed by atoms with Gasteiger partial charge in [-0.25, -0.2) is 0 Å². The molecule has 0 aromatic carbocycles. The van der Waals surface area contributed by atoms with Gasteiger partial charge in [-0.05, 0) is 0 Å². The first-order valence-corrected chi connectivity index (χ1v) is 9.02. The van der Waals surface area contributed by atoms with E-state index in [2.05, 4.69) is 21.3 Å². The molecule has 4 N–H and O–H groups in total. The second-order valence-electron chi connectivity index (χ2n) is 3.92. The summed E-state index contributed by atoms with van der Waals surface area (Å²) in [6, 6.07) is 0. The van der Waals surface area contributed by atoms with Crippen LogP contribution in [0.15, 0.2) is 0 Å². The molecule has 0 amide bonds. The maximum atomic E-state index is 5.60. The third kappa shape index (κ3) is 11.6. The van der Waals surface area contributed by atoms with Crippen LogP contribution in [0.5, 0.6) is 0 Å². The number of hydrogen-bond donors (Lipinski definition) is 4. The molecular formula is C11H26IN4O2-. The molecule has 6 nitrogen and oxygen atoms in total. The van der Waals surface area contributed by atoms with Crippen LogP contribution in [-0.2, 0) is 7.80 Å². The van der Waals surface area contributed by atoms with Crippen molar-refractivity contribution in [2.45, 2.75) is 0 Å². The Labute approximate surface area is 121 Å². The Morgan fingerprint density at radius 2 is 1.17 bits per heavy atom. The first kappa shape index (κ1) is 16.5. The van der Waals surface area contributed by atoms with Crippen molar-refractivity contribution >= 4 is 0 Å². The van der Waals surface area contributed by atoms with E-state index < -0.39 is 0 Å². The fourth-order valence-electron chi connectivity index (χ4n) is 1.43. The molecule has 0 aromatic rings. The summed E-state index contributed by atoms with van der Waals surface area (Å²) in [6.07, 6.45) is 0. The Kier molecular flexibility index (Phi) is 12.8. The predicted octanol–water partition coefficient (Wildman–Crippen LogP) is -4.65. The number of halogens is 1. The van der Waals surface area contributed by atoms with E-state index in [1.165, 1.54) is 0 Å². The van der Waals surface area contributed by atoms with Gasteiger partial charge in [-0.2, -0.15) is 0 Å². The van der Waals surface area contributed by atoms with Crippen molar-refractivity contribution in [1.82, 2.24) is 21.3 Å². The van der Waals surface area contributed by atoms with Crippen molar-refractivity contribution in [1.29, 1.82) is 0 Å². The second kappa shape index (κ2) is 13.9. The molecule has 0 spiro atoms. The summed E-state index contributed by atoms with van der Waals surface area (Å²) in [5.74, 6) is 0. The van der Waals surface area contributed by atoms with Gasteiger partial charge in [0.15, 0.2) is 0 Å². The standard InChI is InChI=1S/C11H26IN4O2/c1-2-15-7-10-18-12-11-16-4-3-14-6-9-17-8-5-13-1/h13-16H,1-11H2/q-1. The summed E-state index contributed by atoms with van der Waals surface area (Å²) < 4.78 is 12.1. The van der Waals surface area contributed by atoms with Crippen molar-refractivity contribution in [3.05, 3.63) is 0 Å². The van der Waals surface area contributed by atoms with Crippen LogP contribution in [0.4, 0.5) is 0 Å². The van der Waals surface area contributed by atoms with Gasteiger partial charge in [0.05, 0.1) is 0 Å². The number of ether oxygens (including phenoxy) is 1. The first-order chi connectivity index (χ1) is 9.00. The van der Waals surface area contributed by atoms with Crippen molar-refractivity contribution < 1.29 is 29.4 Å². The van der Waals surface area contributed by atoms with Crippen molar-refractivity contribution in [3.8, 4) is 0 Å². The van der Waals surface area contributed by atoms with E-state index in [1.54, 1.807) is 0 Å². The van der Waals surface area contributed by atoms with E-state index in [1.807, 2.05) is 0 Å². The Morgan fingerprint density at radius 3 is 1.83 bits per heavy atom. The summed E-state index contributed by atoms with van der Waals surface area (Å²) >= 11 is -0.139. The van der Waals surface area contributed by atoms with Crippen molar-refractivity contribution in [3.63, 3.8) is 0 Å². The quantitative estimate of drug-likeness (QED) is 0.195. The van der Waals surface area contributed by atoms with Crippen LogP contribution < -0.4 is 42.9 Å². The molecule has 0 unspecified atom stereocenters. The van der Waals surface area contributed by atoms with Crippen LogP contribution in [-0.4, -0.2) is 70.2 Å². The number of rotatable bonds is 0. The van der Waals surface area contributed by atoms with Gasteiger partial charge in [0.1, 0.15) is 0 Å². The van der Waals surface area contributed by atoms with Crippen LogP contribution in [0.2, 0.25) is 0 Å². The minimum absolute atomic E-state index is 0.139. The fourth-order valence-corrected chi connectivity index (χ4v) is 2.78. The zero-order valence-corrected chi connectivity index (χ0v) is 13.1. The molecule has 0 aromatic heterocycles. The zero-order valence-electron chi connectivity index (χ0n) is 11.0. The van der Waals surface area contributed by atoms with Gasteiger partial charge in [0.25, 0.3) is 0 Å². The topological polar surface area (TPSA) is 66.6 Å². The van der Waals surface area contributed by atoms with E-state index in [-0.39, 0.29) is 21.6 Å². The molecule has 0 bridgehead atoms. The van der Waals surface area contributed by atoms with Gasteiger partial charge in [-0.1, -0.05) is 0 Å². The molecule has 1 rings (SSSR count). The molecule has 0 radical (unpaired) electrons. The van der Waals surface area contributed by atoms with E-state index in [4.69, 9.17) is 7.80 Å². The maximum absolute atomic E-state index is 5.60. The summed E-state index contributed by atoms with van der Waals surface area (Å²) in [6.45, 7) is 9.16. The summed E-state index contributed by atoms with van der Waals surface area (Å²) in [5.41, 5.74) is 0. The van der Waals surface area contributed by atoms with Crippen LogP contribution in [0.1, 0.15) is 0 Å². The van der Waals surface area contributed by atoms with Crippen LogP contribution in [0.25, 0.3) is 0 Å². The van der Waals surface area contributed by atoms with Crippen molar-refractivity contribution in [2.24, 2.45) is 0 Å². The third-order valence-electron chi connectivity index (χ3n) is 2.39. The molecule has 1 aliphatic heterocycles. The monoisotopic (exact) mass is 373 g/mol. The van der Waals surface area contributed by atoms with Gasteiger partial charge in [0, 0.05) is 0 Å². The summed E-state index contributed by atoms with van der Waals surface area (Å²) in [7, 11) is 0. The molecule has 110 valence electrons. The van der Waals surface area contributed by atoms with Gasteiger partial charge < -0.3 is 0 Å². The van der Waals surface area contributed by atoms with Crippen LogP contribution >= 0.6 is 0 Å². The summed E-state index contributed by atoms with van der Waals surface area (Å²) in [4.78, 5) is 0. The molecular weight excluding hydrogens is 347 g/mol. The van der Waals surface area contributed by atoms with Gasteiger partial charge in [-0.3, -0.25) is 0 Å².